The third kappa shape index (κ3) is 2.39. The maximum Gasteiger partial charge on any atom is 0.154 e. The summed E-state index contributed by atoms with van der Waals surface area (Å²) in [4.78, 5) is 9.83. The van der Waals surface area contributed by atoms with Crippen LogP contribution in [-0.4, -0.2) is 4.89 Å². The first kappa shape index (κ1) is 11.5. The van der Waals surface area contributed by atoms with Crippen molar-refractivity contribution in [2.24, 2.45) is 5.50 Å². The van der Waals surface area contributed by atoms with Gasteiger partial charge in [0, 0.05) is 5.30 Å². The SMILES string of the molecule is NP(O)(=S)c1ccccc1-c1ccccc1. The maximum atomic E-state index is 9.83. The molecule has 0 saturated heterocycles. The van der Waals surface area contributed by atoms with Gasteiger partial charge in [0.25, 0.3) is 0 Å². The van der Waals surface area contributed by atoms with Crippen molar-refractivity contribution in [1.82, 2.24) is 0 Å². The fourth-order valence-electron chi connectivity index (χ4n) is 1.61. The lowest BCUT2D eigenvalue weighted by Crippen LogP contribution is -2.13. The van der Waals surface area contributed by atoms with Gasteiger partial charge in [0.2, 0.25) is 0 Å². The van der Waals surface area contributed by atoms with E-state index in [-0.39, 0.29) is 0 Å². The zero-order valence-electron chi connectivity index (χ0n) is 8.58. The fourth-order valence-corrected chi connectivity index (χ4v) is 2.94. The van der Waals surface area contributed by atoms with Crippen molar-refractivity contribution in [1.29, 1.82) is 0 Å². The van der Waals surface area contributed by atoms with Crippen molar-refractivity contribution in [2.75, 3.05) is 0 Å². The minimum Gasteiger partial charge on any atom is -0.351 e. The van der Waals surface area contributed by atoms with Gasteiger partial charge < -0.3 is 4.89 Å². The van der Waals surface area contributed by atoms with Gasteiger partial charge in [0.15, 0.2) is 6.42 Å². The van der Waals surface area contributed by atoms with Crippen LogP contribution in [0.15, 0.2) is 54.6 Å². The molecule has 0 heterocycles. The Hall–Kier alpha value is -0.990. The van der Waals surface area contributed by atoms with Crippen LogP contribution in [0, 0.1) is 0 Å². The van der Waals surface area contributed by atoms with Crippen LogP contribution in [0.2, 0.25) is 0 Å². The Balaban J connectivity index is 2.63. The Morgan fingerprint density at radius 3 is 2.12 bits per heavy atom. The highest BCUT2D eigenvalue weighted by molar-refractivity contribution is 8.14. The molecule has 3 N–H and O–H groups in total. The molecule has 16 heavy (non-hydrogen) atoms. The molecular formula is C12H12NOPS. The summed E-state index contributed by atoms with van der Waals surface area (Å²) in [6.45, 7) is 0. The molecule has 0 aliphatic heterocycles. The van der Waals surface area contributed by atoms with E-state index in [1.165, 1.54) is 0 Å². The van der Waals surface area contributed by atoms with Gasteiger partial charge in [-0.15, -0.1) is 0 Å². The van der Waals surface area contributed by atoms with E-state index in [9.17, 15) is 4.89 Å². The molecule has 0 aliphatic carbocycles. The zero-order valence-corrected chi connectivity index (χ0v) is 10.3. The summed E-state index contributed by atoms with van der Waals surface area (Å²) >= 11 is 4.98. The van der Waals surface area contributed by atoms with E-state index < -0.39 is 6.42 Å². The number of nitrogens with two attached hydrogens (primary N) is 1. The molecule has 0 saturated carbocycles. The lowest BCUT2D eigenvalue weighted by atomic mass is 10.1. The highest BCUT2D eigenvalue weighted by Gasteiger charge is 2.14. The summed E-state index contributed by atoms with van der Waals surface area (Å²) in [5.74, 6) is 0. The normalized spacial score (nSPS) is 14.4. The van der Waals surface area contributed by atoms with Crippen molar-refractivity contribution in [2.45, 2.75) is 0 Å². The highest BCUT2D eigenvalue weighted by atomic mass is 32.4. The Bertz CT molecular complexity index is 536. The number of rotatable bonds is 2. The summed E-state index contributed by atoms with van der Waals surface area (Å²) in [7, 11) is 0. The lowest BCUT2D eigenvalue weighted by molar-refractivity contribution is 0.634. The van der Waals surface area contributed by atoms with Gasteiger partial charge >= 0.3 is 0 Å². The average Bonchev–Trinajstić information content (AvgIpc) is 2.29. The van der Waals surface area contributed by atoms with Gasteiger partial charge in [-0.2, -0.15) is 0 Å². The van der Waals surface area contributed by atoms with E-state index in [2.05, 4.69) is 0 Å². The molecule has 1 unspecified atom stereocenters. The van der Waals surface area contributed by atoms with Crippen LogP contribution >= 0.6 is 6.42 Å². The third-order valence-corrected chi connectivity index (χ3v) is 4.00. The second kappa shape index (κ2) is 4.48. The van der Waals surface area contributed by atoms with Crippen LogP contribution in [0.1, 0.15) is 0 Å². The first-order valence-electron chi connectivity index (χ1n) is 4.85. The van der Waals surface area contributed by atoms with E-state index >= 15 is 0 Å². The molecular weight excluding hydrogens is 237 g/mol. The average molecular weight is 249 g/mol. The van der Waals surface area contributed by atoms with Crippen molar-refractivity contribution in [3.63, 3.8) is 0 Å². The minimum absolute atomic E-state index is 0.663. The van der Waals surface area contributed by atoms with E-state index in [0.29, 0.717) is 5.30 Å². The molecule has 0 spiro atoms. The molecule has 2 aromatic carbocycles. The van der Waals surface area contributed by atoms with Gasteiger partial charge in [0.1, 0.15) is 0 Å². The first-order chi connectivity index (χ1) is 7.59. The van der Waals surface area contributed by atoms with Crippen molar-refractivity contribution in [3.05, 3.63) is 54.6 Å². The number of benzene rings is 2. The van der Waals surface area contributed by atoms with Crippen LogP contribution in [0.5, 0.6) is 0 Å². The second-order valence-corrected chi connectivity index (χ2v) is 6.90. The molecule has 0 aliphatic rings. The molecule has 2 rings (SSSR count). The molecule has 0 fully saturated rings. The molecule has 0 radical (unpaired) electrons. The monoisotopic (exact) mass is 249 g/mol. The topological polar surface area (TPSA) is 46.2 Å². The van der Waals surface area contributed by atoms with Crippen LogP contribution in [0.4, 0.5) is 0 Å². The van der Waals surface area contributed by atoms with Gasteiger partial charge in [-0.3, -0.25) is 5.50 Å². The highest BCUT2D eigenvalue weighted by Crippen LogP contribution is 2.34. The third-order valence-electron chi connectivity index (χ3n) is 2.33. The predicted octanol–water partition coefficient (Wildman–Crippen LogP) is 2.24. The second-order valence-electron chi connectivity index (χ2n) is 3.51. The summed E-state index contributed by atoms with van der Waals surface area (Å²) < 4.78 is 0. The fraction of sp³-hybridized carbons (Fsp3) is 0. The summed E-state index contributed by atoms with van der Waals surface area (Å²) in [6.07, 6.45) is -2.89. The van der Waals surface area contributed by atoms with Gasteiger partial charge in [-0.1, -0.05) is 48.5 Å². The van der Waals surface area contributed by atoms with Gasteiger partial charge in [-0.25, -0.2) is 0 Å². The molecule has 4 heteroatoms. The van der Waals surface area contributed by atoms with E-state index in [4.69, 9.17) is 17.3 Å². The van der Waals surface area contributed by atoms with Crippen molar-refractivity contribution < 1.29 is 4.89 Å². The first-order valence-corrected chi connectivity index (χ1v) is 7.68. The van der Waals surface area contributed by atoms with E-state index in [0.717, 1.165) is 11.1 Å². The Morgan fingerprint density at radius 2 is 1.50 bits per heavy atom. The summed E-state index contributed by atoms with van der Waals surface area (Å²) in [6, 6.07) is 17.3. The smallest absolute Gasteiger partial charge is 0.154 e. The Labute approximate surface area is 99.9 Å². The summed E-state index contributed by atoms with van der Waals surface area (Å²) in [5.41, 5.74) is 7.61. The number of hydrogen-bond acceptors (Lipinski definition) is 1. The van der Waals surface area contributed by atoms with E-state index in [1.807, 2.05) is 48.5 Å². The minimum atomic E-state index is -2.89. The maximum absolute atomic E-state index is 9.83. The molecule has 1 atom stereocenters. The quantitative estimate of drug-likeness (QED) is 0.802. The zero-order chi connectivity index (χ0) is 11.6. The predicted molar refractivity (Wildman–Crippen MR) is 72.2 cm³/mol. The van der Waals surface area contributed by atoms with Crippen LogP contribution in [0.25, 0.3) is 11.1 Å². The summed E-state index contributed by atoms with van der Waals surface area (Å²) in [5, 5.41) is 0.663. The molecule has 2 nitrogen and oxygen atoms in total. The van der Waals surface area contributed by atoms with Crippen molar-refractivity contribution in [3.8, 4) is 11.1 Å². The molecule has 0 amide bonds. The van der Waals surface area contributed by atoms with Crippen LogP contribution < -0.4 is 10.8 Å². The number of hydrogen-bond donors (Lipinski definition) is 2. The largest absolute Gasteiger partial charge is 0.351 e. The van der Waals surface area contributed by atoms with Gasteiger partial charge in [-0.05, 0) is 29.0 Å². The Kier molecular flexibility index (Phi) is 3.22. The molecule has 82 valence electrons. The molecule has 0 bridgehead atoms. The Morgan fingerprint density at radius 1 is 0.938 bits per heavy atom. The molecule has 0 aromatic heterocycles. The van der Waals surface area contributed by atoms with Crippen LogP contribution in [0.3, 0.4) is 0 Å². The van der Waals surface area contributed by atoms with Crippen molar-refractivity contribution >= 4 is 23.5 Å². The van der Waals surface area contributed by atoms with Gasteiger partial charge in [0.05, 0.1) is 0 Å². The molecule has 2 aromatic rings. The lowest BCUT2D eigenvalue weighted by Gasteiger charge is -2.14. The van der Waals surface area contributed by atoms with E-state index in [1.54, 1.807) is 6.07 Å². The standard InChI is InChI=1S/C12H12NOPS/c13-15(14,16)12-9-5-4-8-11(12)10-6-2-1-3-7-10/h1-9H,(H3,13,14,16). The van der Waals surface area contributed by atoms with Crippen LogP contribution in [-0.2, 0) is 11.8 Å².